The van der Waals surface area contributed by atoms with Gasteiger partial charge in [0.2, 0.25) is 11.8 Å². The monoisotopic (exact) mass is 856 g/mol. The van der Waals surface area contributed by atoms with Crippen LogP contribution in [-0.4, -0.2) is 164 Å². The number of anilines is 1. The number of nitrogens with zero attached hydrogens (tertiary/aromatic N) is 3. The van der Waals surface area contributed by atoms with Gasteiger partial charge in [-0.1, -0.05) is 23.7 Å². The summed E-state index contributed by atoms with van der Waals surface area (Å²) in [5, 5.41) is 31.1. The fraction of sp³-hybridized carbons (Fsp3) is 0.775. The molecule has 0 aliphatic carbocycles. The van der Waals surface area contributed by atoms with Crippen molar-refractivity contribution in [3.8, 4) is 0 Å². The Morgan fingerprint density at radius 3 is 1.97 bits per heavy atom. The number of benzene rings is 1. The van der Waals surface area contributed by atoms with Crippen LogP contribution in [0.2, 0.25) is 0 Å². The largest absolute Gasteiger partial charge is 0.444 e. The molecule has 20 heteroatoms. The minimum Gasteiger partial charge on any atom is -0.444 e. The summed E-state index contributed by atoms with van der Waals surface area (Å²) in [7, 11) is 0. The lowest BCUT2D eigenvalue weighted by atomic mass is 10.1. The van der Waals surface area contributed by atoms with E-state index < -0.39 is 42.1 Å². The standard InChI is InChI=1S/C40H68N6O14/c1-40(2,3)60-39(51)43-14-17-53-19-21-55-23-25-57-27-26-56-24-22-54-20-18-52-15-12-36(49)42-13-5-4-6-35(45-46-41)38(50)44-32-9-7-31(8-10-32)11-16-58-37-29-33(48)28-34(30-47)59-37/h7-10,33-35,37,47-48H,4-6,11-30H2,1-3H3,(H,42,49)(H,43,51)(H,44,50)/t33-,34-,35?,37+/m0/s1. The molecular weight excluding hydrogens is 788 g/mol. The van der Waals surface area contributed by atoms with Gasteiger partial charge in [0.15, 0.2) is 6.29 Å². The number of unbranched alkanes of at least 4 members (excludes halogenated alkanes) is 1. The second-order valence-electron chi connectivity index (χ2n) is 14.7. The maximum atomic E-state index is 12.8. The fourth-order valence-electron chi connectivity index (χ4n) is 5.45. The van der Waals surface area contributed by atoms with Gasteiger partial charge in [0, 0.05) is 43.0 Å². The molecule has 1 unspecified atom stereocenters. The Morgan fingerprint density at radius 1 is 0.817 bits per heavy atom. The van der Waals surface area contributed by atoms with Gasteiger partial charge in [-0.25, -0.2) is 4.79 Å². The van der Waals surface area contributed by atoms with Crippen molar-refractivity contribution in [3.05, 3.63) is 40.3 Å². The van der Waals surface area contributed by atoms with Crippen molar-refractivity contribution in [2.24, 2.45) is 5.11 Å². The molecular formula is C40H68N6O14. The number of alkyl carbamates (subject to hydrolysis) is 1. The second-order valence-corrected chi connectivity index (χ2v) is 14.7. The van der Waals surface area contributed by atoms with Crippen LogP contribution >= 0.6 is 0 Å². The number of ether oxygens (including phenoxy) is 9. The third-order valence-corrected chi connectivity index (χ3v) is 8.43. The van der Waals surface area contributed by atoms with Gasteiger partial charge in [-0.15, -0.1) is 0 Å². The molecule has 1 aromatic carbocycles. The van der Waals surface area contributed by atoms with Crippen LogP contribution in [0, 0.1) is 0 Å². The van der Waals surface area contributed by atoms with Crippen molar-refractivity contribution in [1.82, 2.24) is 10.6 Å². The van der Waals surface area contributed by atoms with Crippen LogP contribution in [0.1, 0.15) is 64.9 Å². The Morgan fingerprint density at radius 2 is 1.40 bits per heavy atom. The van der Waals surface area contributed by atoms with Crippen molar-refractivity contribution in [1.29, 1.82) is 0 Å². The molecule has 1 aromatic rings. The van der Waals surface area contributed by atoms with Gasteiger partial charge in [0.05, 0.1) is 105 Å². The molecule has 4 atom stereocenters. The van der Waals surface area contributed by atoms with E-state index in [9.17, 15) is 24.6 Å². The first-order chi connectivity index (χ1) is 29.0. The Labute approximate surface area is 353 Å². The Bertz CT molecular complexity index is 1350. The van der Waals surface area contributed by atoms with Crippen LogP contribution in [-0.2, 0) is 58.6 Å². The van der Waals surface area contributed by atoms with Crippen molar-refractivity contribution < 1.29 is 67.2 Å². The van der Waals surface area contributed by atoms with Crippen LogP contribution in [0.25, 0.3) is 10.4 Å². The summed E-state index contributed by atoms with van der Waals surface area (Å²) in [5.41, 5.74) is 9.99. The molecule has 2 rings (SSSR count). The van der Waals surface area contributed by atoms with E-state index in [1.807, 2.05) is 12.1 Å². The molecule has 1 aliphatic heterocycles. The first kappa shape index (κ1) is 52.5. The Hall–Kier alpha value is -3.66. The smallest absolute Gasteiger partial charge is 0.407 e. The lowest BCUT2D eigenvalue weighted by Crippen LogP contribution is -2.39. The molecule has 1 fully saturated rings. The normalized spacial score (nSPS) is 17.1. The van der Waals surface area contributed by atoms with Crippen LogP contribution in [0.15, 0.2) is 29.4 Å². The summed E-state index contributed by atoms with van der Waals surface area (Å²) in [6.07, 6.45) is 0.981. The topological polar surface area (TPSA) is 260 Å². The predicted molar refractivity (Wildman–Crippen MR) is 219 cm³/mol. The zero-order chi connectivity index (χ0) is 43.7. The third kappa shape index (κ3) is 28.0. The molecule has 20 nitrogen and oxygen atoms in total. The van der Waals surface area contributed by atoms with E-state index in [-0.39, 0.29) is 25.5 Å². The zero-order valence-corrected chi connectivity index (χ0v) is 35.5. The highest BCUT2D eigenvalue weighted by molar-refractivity contribution is 5.94. The Kier molecular flexibility index (Phi) is 28.9. The van der Waals surface area contributed by atoms with Crippen LogP contribution < -0.4 is 16.0 Å². The molecule has 1 heterocycles. The number of hydrogen-bond acceptors (Lipinski definition) is 15. The number of aliphatic hydroxyl groups is 2. The summed E-state index contributed by atoms with van der Waals surface area (Å²) in [6.45, 7) is 11.1. The van der Waals surface area contributed by atoms with Crippen LogP contribution in [0.4, 0.5) is 10.5 Å². The van der Waals surface area contributed by atoms with Gasteiger partial charge in [-0.2, -0.15) is 0 Å². The first-order valence-corrected chi connectivity index (χ1v) is 20.7. The highest BCUT2D eigenvalue weighted by Crippen LogP contribution is 2.21. The van der Waals surface area contributed by atoms with Crippen molar-refractivity contribution >= 4 is 23.6 Å². The summed E-state index contributed by atoms with van der Waals surface area (Å²) < 4.78 is 49.2. The fourth-order valence-corrected chi connectivity index (χ4v) is 5.45. The number of aliphatic hydroxyl groups excluding tert-OH is 2. The van der Waals surface area contributed by atoms with E-state index in [0.717, 1.165) is 5.56 Å². The minimum absolute atomic E-state index is 0.149. The van der Waals surface area contributed by atoms with E-state index in [1.54, 1.807) is 32.9 Å². The van der Waals surface area contributed by atoms with Gasteiger partial charge in [-0.05, 0) is 63.3 Å². The molecule has 1 saturated heterocycles. The number of rotatable bonds is 34. The quantitative estimate of drug-likeness (QED) is 0.0289. The molecule has 5 N–H and O–H groups in total. The number of carbonyl (C=O) groups excluding carboxylic acids is 3. The molecule has 0 saturated carbocycles. The number of carbonyl (C=O) groups is 3. The van der Waals surface area contributed by atoms with E-state index in [4.69, 9.17) is 48.2 Å². The van der Waals surface area contributed by atoms with Crippen molar-refractivity contribution in [3.63, 3.8) is 0 Å². The van der Waals surface area contributed by atoms with E-state index in [1.165, 1.54) is 0 Å². The Balaban J connectivity index is 1.37. The van der Waals surface area contributed by atoms with Gasteiger partial charge in [0.25, 0.3) is 0 Å². The SMILES string of the molecule is CC(C)(C)OC(=O)NCCOCCOCCOCCOCCOCCOCCC(=O)NCCCCC(N=[N+]=[N-])C(=O)Nc1ccc(CCO[C@H]2C[C@@H](O)C[C@@H](CO)O2)cc1. The second kappa shape index (κ2) is 33.0. The van der Waals surface area contributed by atoms with Gasteiger partial charge in [0.1, 0.15) is 11.6 Å². The predicted octanol–water partition coefficient (Wildman–Crippen LogP) is 3.02. The van der Waals surface area contributed by atoms with Gasteiger partial charge >= 0.3 is 6.09 Å². The minimum atomic E-state index is -0.896. The van der Waals surface area contributed by atoms with Gasteiger partial charge in [-0.3, -0.25) is 9.59 Å². The molecule has 342 valence electrons. The summed E-state index contributed by atoms with van der Waals surface area (Å²) in [4.78, 5) is 39.3. The number of amides is 3. The molecule has 0 aromatic heterocycles. The average molecular weight is 857 g/mol. The van der Waals surface area contributed by atoms with Crippen LogP contribution in [0.3, 0.4) is 0 Å². The lowest BCUT2D eigenvalue weighted by molar-refractivity contribution is -0.221. The summed E-state index contributed by atoms with van der Waals surface area (Å²) >= 11 is 0. The molecule has 0 bridgehead atoms. The molecule has 0 spiro atoms. The number of nitrogens with one attached hydrogen (secondary N) is 3. The van der Waals surface area contributed by atoms with Crippen molar-refractivity contribution in [2.75, 3.05) is 111 Å². The number of hydrogen-bond donors (Lipinski definition) is 5. The maximum absolute atomic E-state index is 12.8. The average Bonchev–Trinajstić information content (AvgIpc) is 3.20. The van der Waals surface area contributed by atoms with Crippen LogP contribution in [0.5, 0.6) is 0 Å². The van der Waals surface area contributed by atoms with Crippen molar-refractivity contribution in [2.45, 2.75) is 95.9 Å². The highest BCUT2D eigenvalue weighted by Gasteiger charge is 2.28. The zero-order valence-electron chi connectivity index (χ0n) is 35.5. The maximum Gasteiger partial charge on any atom is 0.407 e. The number of azide groups is 1. The van der Waals surface area contributed by atoms with E-state index in [0.29, 0.717) is 137 Å². The summed E-state index contributed by atoms with van der Waals surface area (Å²) in [6, 6.07) is 6.32. The lowest BCUT2D eigenvalue weighted by Gasteiger charge is -2.32. The molecule has 0 radical (unpaired) electrons. The summed E-state index contributed by atoms with van der Waals surface area (Å²) in [5.74, 6) is -0.565. The molecule has 3 amide bonds. The third-order valence-electron chi connectivity index (χ3n) is 8.43. The van der Waals surface area contributed by atoms with E-state index >= 15 is 0 Å². The van der Waals surface area contributed by atoms with Gasteiger partial charge < -0.3 is 68.8 Å². The molecule has 60 heavy (non-hydrogen) atoms. The first-order valence-electron chi connectivity index (χ1n) is 20.7. The highest BCUT2D eigenvalue weighted by atomic mass is 16.7. The molecule has 1 aliphatic rings. The van der Waals surface area contributed by atoms with E-state index in [2.05, 4.69) is 26.0 Å².